The fourth-order valence-electron chi connectivity index (χ4n) is 4.09. The van der Waals surface area contributed by atoms with Crippen molar-refractivity contribution in [1.29, 1.82) is 0 Å². The van der Waals surface area contributed by atoms with E-state index in [4.69, 9.17) is 9.47 Å². The molecular formula is C24H35N3O5. The van der Waals surface area contributed by atoms with Gasteiger partial charge in [-0.2, -0.15) is 0 Å². The van der Waals surface area contributed by atoms with E-state index in [1.165, 1.54) is 6.92 Å². The Labute approximate surface area is 190 Å². The second-order valence-electron chi connectivity index (χ2n) is 9.18. The average Bonchev–Trinajstić information content (AvgIpc) is 3.56. The Hall–Kier alpha value is -2.61. The van der Waals surface area contributed by atoms with Crippen LogP contribution in [0, 0.1) is 11.8 Å². The molecule has 1 N–H and O–H groups in total. The second kappa shape index (κ2) is 10.3. The SMILES string of the molecule is CO[C@@H]1CN(C)C(=O)c2cc(NC(C)=O)ccc2OC[C@@H](C)N(C(=O)CC2CC2)C[C@H]1C. The number of benzene rings is 1. The lowest BCUT2D eigenvalue weighted by Crippen LogP contribution is -2.48. The summed E-state index contributed by atoms with van der Waals surface area (Å²) in [5.74, 6) is 0.684. The smallest absolute Gasteiger partial charge is 0.257 e. The number of carbonyl (C=O) groups is 3. The molecule has 1 heterocycles. The third-order valence-electron chi connectivity index (χ3n) is 6.25. The minimum atomic E-state index is -0.227. The zero-order valence-electron chi connectivity index (χ0n) is 19.7. The molecule has 0 aromatic heterocycles. The normalized spacial score (nSPS) is 24.7. The number of amides is 3. The molecule has 0 saturated heterocycles. The molecule has 0 unspecified atom stereocenters. The maximum absolute atomic E-state index is 13.3. The summed E-state index contributed by atoms with van der Waals surface area (Å²) in [6.07, 6.45) is 2.59. The molecule has 3 atom stereocenters. The van der Waals surface area contributed by atoms with Gasteiger partial charge in [0.05, 0.1) is 17.7 Å². The molecule has 8 nitrogen and oxygen atoms in total. The van der Waals surface area contributed by atoms with Gasteiger partial charge in [0.25, 0.3) is 5.91 Å². The Bertz CT molecular complexity index is 854. The number of anilines is 1. The largest absolute Gasteiger partial charge is 0.491 e. The molecule has 3 amide bonds. The number of hydrogen-bond donors (Lipinski definition) is 1. The summed E-state index contributed by atoms with van der Waals surface area (Å²) in [6.45, 7) is 6.63. The monoisotopic (exact) mass is 445 g/mol. The van der Waals surface area contributed by atoms with Crippen molar-refractivity contribution in [3.63, 3.8) is 0 Å². The predicted octanol–water partition coefficient (Wildman–Crippen LogP) is 2.78. The lowest BCUT2D eigenvalue weighted by atomic mass is 10.0. The Morgan fingerprint density at radius 3 is 2.56 bits per heavy atom. The standard InChI is InChI=1S/C24H35N3O5/c1-15-12-27(23(29)10-18-6-7-18)16(2)14-32-21-9-8-19(25-17(3)28)11-20(21)24(30)26(4)13-22(15)31-5/h8-9,11,15-16,18,22H,6-7,10,12-14H2,1-5H3,(H,25,28)/t15-,16-,22-/m1/s1. The van der Waals surface area contributed by atoms with Crippen molar-refractivity contribution in [2.75, 3.05) is 39.2 Å². The van der Waals surface area contributed by atoms with Crippen molar-refractivity contribution < 1.29 is 23.9 Å². The number of rotatable bonds is 4. The van der Waals surface area contributed by atoms with Crippen molar-refractivity contribution in [2.24, 2.45) is 11.8 Å². The molecule has 3 rings (SSSR count). The average molecular weight is 446 g/mol. The number of carbonyl (C=O) groups excluding carboxylic acids is 3. The van der Waals surface area contributed by atoms with Crippen LogP contribution in [0.2, 0.25) is 0 Å². The van der Waals surface area contributed by atoms with Gasteiger partial charge in [0.1, 0.15) is 12.4 Å². The van der Waals surface area contributed by atoms with E-state index in [1.54, 1.807) is 37.3 Å². The van der Waals surface area contributed by atoms with Crippen molar-refractivity contribution in [3.05, 3.63) is 23.8 Å². The molecule has 1 saturated carbocycles. The highest BCUT2D eigenvalue weighted by Gasteiger charge is 2.33. The first-order valence-electron chi connectivity index (χ1n) is 11.3. The Balaban J connectivity index is 1.93. The van der Waals surface area contributed by atoms with Gasteiger partial charge < -0.3 is 24.6 Å². The minimum absolute atomic E-state index is 0.0328. The third-order valence-corrected chi connectivity index (χ3v) is 6.25. The van der Waals surface area contributed by atoms with Gasteiger partial charge >= 0.3 is 0 Å². The van der Waals surface area contributed by atoms with Crippen LogP contribution in [0.4, 0.5) is 5.69 Å². The molecule has 1 aromatic carbocycles. The molecule has 1 aliphatic carbocycles. The van der Waals surface area contributed by atoms with Gasteiger partial charge in [-0.3, -0.25) is 14.4 Å². The Kier molecular flexibility index (Phi) is 7.77. The van der Waals surface area contributed by atoms with Gasteiger partial charge in [0.15, 0.2) is 0 Å². The van der Waals surface area contributed by atoms with Crippen LogP contribution in [0.5, 0.6) is 5.75 Å². The first kappa shape index (κ1) is 24.0. The van der Waals surface area contributed by atoms with E-state index >= 15 is 0 Å². The fourth-order valence-corrected chi connectivity index (χ4v) is 4.09. The summed E-state index contributed by atoms with van der Waals surface area (Å²) < 4.78 is 11.8. The van der Waals surface area contributed by atoms with E-state index in [9.17, 15) is 14.4 Å². The summed E-state index contributed by atoms with van der Waals surface area (Å²) >= 11 is 0. The van der Waals surface area contributed by atoms with E-state index in [0.29, 0.717) is 42.4 Å². The van der Waals surface area contributed by atoms with E-state index in [-0.39, 0.29) is 42.4 Å². The highest BCUT2D eigenvalue weighted by atomic mass is 16.5. The summed E-state index contributed by atoms with van der Waals surface area (Å²) in [7, 11) is 3.36. The molecule has 176 valence electrons. The molecule has 1 fully saturated rings. The van der Waals surface area contributed by atoms with Gasteiger partial charge in [-0.15, -0.1) is 0 Å². The van der Waals surface area contributed by atoms with Crippen molar-refractivity contribution in [2.45, 2.75) is 52.2 Å². The molecule has 1 aromatic rings. The Morgan fingerprint density at radius 2 is 1.94 bits per heavy atom. The minimum Gasteiger partial charge on any atom is -0.491 e. The highest BCUT2D eigenvalue weighted by molar-refractivity contribution is 5.99. The first-order chi connectivity index (χ1) is 15.2. The maximum Gasteiger partial charge on any atom is 0.257 e. The summed E-state index contributed by atoms with van der Waals surface area (Å²) in [5.41, 5.74) is 0.893. The van der Waals surface area contributed by atoms with Gasteiger partial charge in [-0.25, -0.2) is 0 Å². The number of ether oxygens (including phenoxy) is 2. The van der Waals surface area contributed by atoms with E-state index in [1.807, 2.05) is 18.7 Å². The van der Waals surface area contributed by atoms with Crippen LogP contribution in [0.25, 0.3) is 0 Å². The number of fused-ring (bicyclic) bond motifs is 1. The third kappa shape index (κ3) is 6.00. The lowest BCUT2D eigenvalue weighted by Gasteiger charge is -2.36. The van der Waals surface area contributed by atoms with Crippen LogP contribution in [0.1, 0.15) is 50.4 Å². The van der Waals surface area contributed by atoms with Crippen molar-refractivity contribution in [3.8, 4) is 5.75 Å². The Morgan fingerprint density at radius 1 is 1.22 bits per heavy atom. The van der Waals surface area contributed by atoms with Crippen LogP contribution in [0.15, 0.2) is 18.2 Å². The second-order valence-corrected chi connectivity index (χ2v) is 9.18. The fraction of sp³-hybridized carbons (Fsp3) is 0.625. The number of hydrogen-bond acceptors (Lipinski definition) is 5. The molecule has 0 radical (unpaired) electrons. The molecule has 1 aliphatic heterocycles. The van der Waals surface area contributed by atoms with E-state index in [2.05, 4.69) is 5.32 Å². The van der Waals surface area contributed by atoms with Gasteiger partial charge in [-0.1, -0.05) is 6.92 Å². The topological polar surface area (TPSA) is 88.2 Å². The number of likely N-dealkylation sites (N-methyl/N-ethyl adjacent to an activating group) is 1. The van der Waals surface area contributed by atoms with Crippen LogP contribution >= 0.6 is 0 Å². The van der Waals surface area contributed by atoms with Gasteiger partial charge in [0, 0.05) is 52.2 Å². The lowest BCUT2D eigenvalue weighted by molar-refractivity contribution is -0.135. The number of nitrogens with one attached hydrogen (secondary N) is 1. The first-order valence-corrected chi connectivity index (χ1v) is 11.3. The van der Waals surface area contributed by atoms with Crippen molar-refractivity contribution >= 4 is 23.4 Å². The van der Waals surface area contributed by atoms with Crippen LogP contribution in [-0.2, 0) is 14.3 Å². The molecule has 0 spiro atoms. The van der Waals surface area contributed by atoms with Crippen LogP contribution in [-0.4, -0.2) is 73.5 Å². The zero-order valence-corrected chi connectivity index (χ0v) is 19.7. The number of nitrogens with zero attached hydrogens (tertiary/aromatic N) is 2. The van der Waals surface area contributed by atoms with Crippen molar-refractivity contribution in [1.82, 2.24) is 9.80 Å². The van der Waals surface area contributed by atoms with Gasteiger partial charge in [-0.05, 0) is 43.9 Å². The number of methoxy groups -OCH3 is 1. The van der Waals surface area contributed by atoms with Gasteiger partial charge in [0.2, 0.25) is 11.8 Å². The highest BCUT2D eigenvalue weighted by Crippen LogP contribution is 2.33. The molecule has 2 aliphatic rings. The van der Waals surface area contributed by atoms with Crippen LogP contribution in [0.3, 0.4) is 0 Å². The maximum atomic E-state index is 13.3. The zero-order chi connectivity index (χ0) is 23.4. The molecule has 8 heteroatoms. The summed E-state index contributed by atoms with van der Waals surface area (Å²) in [4.78, 5) is 41.3. The van der Waals surface area contributed by atoms with Crippen LogP contribution < -0.4 is 10.1 Å². The summed E-state index contributed by atoms with van der Waals surface area (Å²) in [6, 6.07) is 4.88. The van der Waals surface area contributed by atoms with E-state index in [0.717, 1.165) is 12.8 Å². The molecule has 32 heavy (non-hydrogen) atoms. The van der Waals surface area contributed by atoms with E-state index < -0.39 is 0 Å². The molecular weight excluding hydrogens is 410 g/mol. The summed E-state index contributed by atoms with van der Waals surface area (Å²) in [5, 5.41) is 2.72. The predicted molar refractivity (Wildman–Crippen MR) is 122 cm³/mol. The quantitative estimate of drug-likeness (QED) is 0.770. The molecule has 0 bridgehead atoms.